The summed E-state index contributed by atoms with van der Waals surface area (Å²) in [7, 11) is 0. The molecule has 0 radical (unpaired) electrons. The predicted molar refractivity (Wildman–Crippen MR) is 130 cm³/mol. The Labute approximate surface area is 189 Å². The molecule has 1 N–H and O–H groups in total. The van der Waals surface area contributed by atoms with Gasteiger partial charge in [0.05, 0.1) is 11.9 Å². The third-order valence-electron chi connectivity index (χ3n) is 7.03. The lowest BCUT2D eigenvalue weighted by molar-refractivity contribution is 0.301. The van der Waals surface area contributed by atoms with Crippen LogP contribution < -0.4 is 4.74 Å². The number of imidazole rings is 1. The smallest absolute Gasteiger partial charge is 0.128 e. The van der Waals surface area contributed by atoms with Gasteiger partial charge in [-0.15, -0.1) is 0 Å². The van der Waals surface area contributed by atoms with E-state index in [4.69, 9.17) is 4.74 Å². The predicted octanol–water partition coefficient (Wildman–Crippen LogP) is 6.70. The molecule has 0 bridgehead atoms. The Morgan fingerprint density at radius 3 is 2.34 bits per heavy atom. The topological polar surface area (TPSA) is 50.3 Å². The van der Waals surface area contributed by atoms with Crippen molar-refractivity contribution in [1.29, 1.82) is 0 Å². The van der Waals surface area contributed by atoms with Crippen LogP contribution in [0, 0.1) is 5.92 Å². The summed E-state index contributed by atoms with van der Waals surface area (Å²) in [5.74, 6) is 2.91. The van der Waals surface area contributed by atoms with Crippen LogP contribution in [0.5, 0.6) is 5.75 Å². The molecule has 0 fully saturated rings. The monoisotopic (exact) mass is 423 g/mol. The highest BCUT2D eigenvalue weighted by molar-refractivity contribution is 6.00. The third-order valence-corrected chi connectivity index (χ3v) is 7.03. The van der Waals surface area contributed by atoms with E-state index in [0.717, 1.165) is 42.1 Å². The van der Waals surface area contributed by atoms with Gasteiger partial charge < -0.3 is 9.72 Å². The van der Waals surface area contributed by atoms with Crippen molar-refractivity contribution in [2.45, 2.75) is 59.5 Å². The molecule has 0 unspecified atom stereocenters. The molecule has 4 nitrogen and oxygen atoms in total. The van der Waals surface area contributed by atoms with Crippen LogP contribution >= 0.6 is 0 Å². The van der Waals surface area contributed by atoms with Crippen molar-refractivity contribution in [1.82, 2.24) is 9.97 Å². The van der Waals surface area contributed by atoms with E-state index in [-0.39, 0.29) is 0 Å². The number of nitrogens with one attached hydrogen (secondary N) is 1. The second-order valence-electron chi connectivity index (χ2n) is 9.91. The van der Waals surface area contributed by atoms with E-state index in [1.807, 2.05) is 6.20 Å². The van der Waals surface area contributed by atoms with E-state index in [2.05, 4.69) is 73.1 Å². The summed E-state index contributed by atoms with van der Waals surface area (Å²) in [4.78, 5) is 12.7. The Kier molecular flexibility index (Phi) is 4.39. The summed E-state index contributed by atoms with van der Waals surface area (Å²) in [5.41, 5.74) is 13.0. The molecule has 0 saturated carbocycles. The summed E-state index contributed by atoms with van der Waals surface area (Å²) in [6.07, 6.45) is 7.08. The van der Waals surface area contributed by atoms with Crippen LogP contribution in [-0.4, -0.2) is 15.7 Å². The molecule has 0 saturated heterocycles. The minimum atomic E-state index is 0.386. The third kappa shape index (κ3) is 3.04. The number of nitrogens with zero attached hydrogens (tertiary/aromatic N) is 2. The second-order valence-corrected chi connectivity index (χ2v) is 9.91. The highest BCUT2D eigenvalue weighted by atomic mass is 16.5. The highest BCUT2D eigenvalue weighted by Crippen LogP contribution is 2.48. The molecule has 2 aromatic carbocycles. The van der Waals surface area contributed by atoms with Gasteiger partial charge in [-0.2, -0.15) is 0 Å². The first-order chi connectivity index (χ1) is 15.5. The summed E-state index contributed by atoms with van der Waals surface area (Å²) < 4.78 is 6.33. The number of rotatable bonds is 4. The van der Waals surface area contributed by atoms with Crippen LogP contribution in [-0.2, 0) is 19.4 Å². The maximum absolute atomic E-state index is 6.33. The molecule has 1 aliphatic carbocycles. The number of allylic oxidation sites excluding steroid dienone is 1. The lowest BCUT2D eigenvalue weighted by Gasteiger charge is -2.30. The standard InChI is InChI=1S/C28H29N3O/c1-15(2)23-10-21(12-29-23)19-7-17-5-6-18-8-20(24-13-30-28(31-24)16(3)4)11-25-27(18)26(17)22(9-19)14-32-25/h7-9,11-13,15-16H,5-6,10,14H2,1-4H3,(H,30,31). The molecule has 32 heavy (non-hydrogen) atoms. The molecule has 162 valence electrons. The zero-order chi connectivity index (χ0) is 22.0. The number of hydrogen-bond donors (Lipinski definition) is 1. The highest BCUT2D eigenvalue weighted by Gasteiger charge is 2.29. The van der Waals surface area contributed by atoms with E-state index in [1.165, 1.54) is 44.7 Å². The molecular formula is C28H29N3O. The van der Waals surface area contributed by atoms with Crippen molar-refractivity contribution in [2.24, 2.45) is 10.9 Å². The SMILES string of the molecule is CC(C)C1=NC=C(c2cc3c4c(c2)COc2cc(-c5cnc(C(C)C)[nH]5)cc(c2-4)CC3)C1. The van der Waals surface area contributed by atoms with Crippen molar-refractivity contribution in [2.75, 3.05) is 0 Å². The van der Waals surface area contributed by atoms with Crippen LogP contribution in [0.15, 0.2) is 41.7 Å². The van der Waals surface area contributed by atoms with Gasteiger partial charge in [0, 0.05) is 35.4 Å². The van der Waals surface area contributed by atoms with E-state index in [0.29, 0.717) is 18.4 Å². The van der Waals surface area contributed by atoms with Gasteiger partial charge in [-0.3, -0.25) is 4.99 Å². The number of aromatic amines is 1. The van der Waals surface area contributed by atoms with Crippen molar-refractivity contribution in [3.05, 3.63) is 64.7 Å². The fraction of sp³-hybridized carbons (Fsp3) is 0.357. The van der Waals surface area contributed by atoms with Crippen LogP contribution in [0.1, 0.15) is 68.1 Å². The summed E-state index contributed by atoms with van der Waals surface area (Å²) >= 11 is 0. The zero-order valence-electron chi connectivity index (χ0n) is 19.2. The summed E-state index contributed by atoms with van der Waals surface area (Å²) in [5, 5.41) is 0. The van der Waals surface area contributed by atoms with Gasteiger partial charge in [0.25, 0.3) is 0 Å². The minimum absolute atomic E-state index is 0.386. The largest absolute Gasteiger partial charge is 0.488 e. The van der Waals surface area contributed by atoms with E-state index in [9.17, 15) is 0 Å². The van der Waals surface area contributed by atoms with E-state index < -0.39 is 0 Å². The number of ether oxygens (including phenoxy) is 1. The average molecular weight is 424 g/mol. The quantitative estimate of drug-likeness (QED) is 0.508. The van der Waals surface area contributed by atoms with Gasteiger partial charge in [0.1, 0.15) is 18.2 Å². The maximum atomic E-state index is 6.33. The minimum Gasteiger partial charge on any atom is -0.488 e. The first kappa shape index (κ1) is 19.5. The van der Waals surface area contributed by atoms with Gasteiger partial charge in [0.15, 0.2) is 0 Å². The lowest BCUT2D eigenvalue weighted by Crippen LogP contribution is -2.15. The molecule has 4 heteroatoms. The molecule has 6 rings (SSSR count). The Morgan fingerprint density at radius 2 is 1.62 bits per heavy atom. The van der Waals surface area contributed by atoms with Gasteiger partial charge in [-0.1, -0.05) is 33.8 Å². The first-order valence-corrected chi connectivity index (χ1v) is 11.7. The normalized spacial score (nSPS) is 16.2. The first-order valence-electron chi connectivity index (χ1n) is 11.7. The molecule has 3 heterocycles. The maximum Gasteiger partial charge on any atom is 0.128 e. The van der Waals surface area contributed by atoms with E-state index >= 15 is 0 Å². The van der Waals surface area contributed by atoms with Gasteiger partial charge >= 0.3 is 0 Å². The second kappa shape index (κ2) is 7.19. The molecule has 1 aromatic heterocycles. The number of benzene rings is 2. The van der Waals surface area contributed by atoms with E-state index in [1.54, 1.807) is 0 Å². The van der Waals surface area contributed by atoms with Crippen LogP contribution in [0.2, 0.25) is 0 Å². The molecule has 0 atom stereocenters. The van der Waals surface area contributed by atoms with Crippen LogP contribution in [0.3, 0.4) is 0 Å². The number of hydrogen-bond acceptors (Lipinski definition) is 3. The van der Waals surface area contributed by atoms with Gasteiger partial charge in [-0.25, -0.2) is 4.98 Å². The molecule has 0 amide bonds. The van der Waals surface area contributed by atoms with Crippen molar-refractivity contribution in [3.63, 3.8) is 0 Å². The number of aliphatic imine (C=N–C) groups is 1. The number of aromatic nitrogens is 2. The van der Waals surface area contributed by atoms with Crippen molar-refractivity contribution < 1.29 is 4.74 Å². The van der Waals surface area contributed by atoms with Crippen LogP contribution in [0.25, 0.3) is 28.0 Å². The lowest BCUT2D eigenvalue weighted by atomic mass is 9.79. The fourth-order valence-electron chi connectivity index (χ4n) is 5.19. The Hall–Kier alpha value is -3.14. The van der Waals surface area contributed by atoms with Crippen molar-refractivity contribution >= 4 is 11.3 Å². The average Bonchev–Trinajstić information content (AvgIpc) is 3.47. The van der Waals surface area contributed by atoms with Gasteiger partial charge in [-0.05, 0) is 70.3 Å². The molecule has 2 aliphatic heterocycles. The molecule has 3 aromatic rings. The summed E-state index contributed by atoms with van der Waals surface area (Å²) in [6, 6.07) is 9.25. The molecule has 3 aliphatic rings. The Balaban J connectivity index is 1.40. The van der Waals surface area contributed by atoms with Gasteiger partial charge in [0.2, 0.25) is 0 Å². The molecule has 0 spiro atoms. The summed E-state index contributed by atoms with van der Waals surface area (Å²) in [6.45, 7) is 9.38. The van der Waals surface area contributed by atoms with Crippen LogP contribution in [0.4, 0.5) is 0 Å². The number of H-pyrrole nitrogens is 1. The number of aryl methyl sites for hydroxylation is 2. The van der Waals surface area contributed by atoms with Crippen molar-refractivity contribution in [3.8, 4) is 28.1 Å². The molecular weight excluding hydrogens is 394 g/mol. The Bertz CT molecular complexity index is 1260. The zero-order valence-corrected chi connectivity index (χ0v) is 19.2. The fourth-order valence-corrected chi connectivity index (χ4v) is 5.19. The Morgan fingerprint density at radius 1 is 0.875 bits per heavy atom.